The number of nitrogens with one attached hydrogen (secondary N) is 2. The summed E-state index contributed by atoms with van der Waals surface area (Å²) in [6, 6.07) is -0.639. The minimum atomic E-state index is -0.639. The average Bonchev–Trinajstić information content (AvgIpc) is 2.43. The molecule has 4 rings (SSSR count). The Kier molecular flexibility index (Phi) is 3.87. The largest absolute Gasteiger partial charge is 0.368 e. The van der Waals surface area contributed by atoms with Crippen LogP contribution in [0.3, 0.4) is 0 Å². The van der Waals surface area contributed by atoms with Crippen LogP contribution < -0.4 is 16.4 Å². The van der Waals surface area contributed by atoms with Crippen LogP contribution in [0.2, 0.25) is 0 Å². The molecule has 122 valence electrons. The zero-order chi connectivity index (χ0) is 15.9. The first-order valence-electron chi connectivity index (χ1n) is 8.25. The summed E-state index contributed by atoms with van der Waals surface area (Å²) >= 11 is 0. The summed E-state index contributed by atoms with van der Waals surface area (Å²) < 4.78 is 0. The molecule has 6 nitrogen and oxygen atoms in total. The van der Waals surface area contributed by atoms with Crippen LogP contribution in [0.4, 0.5) is 0 Å². The maximum Gasteiger partial charge on any atom is 0.242 e. The first kappa shape index (κ1) is 15.3. The normalized spacial score (nSPS) is 36.7. The minimum Gasteiger partial charge on any atom is -0.368 e. The van der Waals surface area contributed by atoms with Gasteiger partial charge in [0.2, 0.25) is 17.7 Å². The summed E-state index contributed by atoms with van der Waals surface area (Å²) in [7, 11) is 0. The van der Waals surface area contributed by atoms with Gasteiger partial charge in [-0.1, -0.05) is 0 Å². The lowest BCUT2D eigenvalue weighted by Gasteiger charge is -2.55. The molecule has 0 aromatic heterocycles. The van der Waals surface area contributed by atoms with Gasteiger partial charge in [0.15, 0.2) is 0 Å². The zero-order valence-corrected chi connectivity index (χ0v) is 13.1. The smallest absolute Gasteiger partial charge is 0.242 e. The van der Waals surface area contributed by atoms with E-state index in [1.807, 2.05) is 0 Å². The van der Waals surface area contributed by atoms with E-state index >= 15 is 0 Å². The maximum absolute atomic E-state index is 12.8. The van der Waals surface area contributed by atoms with Crippen LogP contribution in [0.1, 0.15) is 45.4 Å². The number of amides is 3. The van der Waals surface area contributed by atoms with Crippen LogP contribution in [-0.4, -0.2) is 30.3 Å². The molecule has 4 aliphatic carbocycles. The molecule has 4 aliphatic rings. The van der Waals surface area contributed by atoms with Crippen LogP contribution in [0.25, 0.3) is 0 Å². The second-order valence-corrected chi connectivity index (χ2v) is 7.58. The maximum atomic E-state index is 12.8. The molecule has 4 saturated carbocycles. The molecule has 4 N–H and O–H groups in total. The zero-order valence-electron chi connectivity index (χ0n) is 13.1. The van der Waals surface area contributed by atoms with E-state index in [1.165, 1.54) is 19.3 Å². The highest BCUT2D eigenvalue weighted by Crippen LogP contribution is 2.60. The number of carbonyl (C=O) groups is 3. The van der Waals surface area contributed by atoms with E-state index in [-0.39, 0.29) is 23.8 Å². The molecule has 0 spiro atoms. The molecule has 0 aromatic carbocycles. The number of nitrogens with two attached hydrogens (primary N) is 1. The van der Waals surface area contributed by atoms with Crippen molar-refractivity contribution in [2.45, 2.75) is 51.5 Å². The van der Waals surface area contributed by atoms with Crippen LogP contribution in [-0.2, 0) is 14.4 Å². The van der Waals surface area contributed by atoms with Gasteiger partial charge >= 0.3 is 0 Å². The highest BCUT2D eigenvalue weighted by atomic mass is 16.2. The van der Waals surface area contributed by atoms with Crippen molar-refractivity contribution >= 4 is 17.7 Å². The molecule has 0 radical (unpaired) electrons. The van der Waals surface area contributed by atoms with Gasteiger partial charge in [0.05, 0.1) is 6.54 Å². The van der Waals surface area contributed by atoms with Gasteiger partial charge in [-0.15, -0.1) is 0 Å². The number of hydrogen-bond donors (Lipinski definition) is 3. The van der Waals surface area contributed by atoms with Crippen LogP contribution in [0.5, 0.6) is 0 Å². The van der Waals surface area contributed by atoms with Crippen molar-refractivity contribution in [3.63, 3.8) is 0 Å². The van der Waals surface area contributed by atoms with Gasteiger partial charge in [-0.3, -0.25) is 14.4 Å². The Morgan fingerprint density at radius 2 is 1.59 bits per heavy atom. The quantitative estimate of drug-likeness (QED) is 0.681. The van der Waals surface area contributed by atoms with Gasteiger partial charge < -0.3 is 16.4 Å². The summed E-state index contributed by atoms with van der Waals surface area (Å²) in [5.74, 6) is 1.14. The summed E-state index contributed by atoms with van der Waals surface area (Å²) in [6.07, 6.45) is 6.75. The molecule has 1 atom stereocenters. The fourth-order valence-electron chi connectivity index (χ4n) is 5.13. The van der Waals surface area contributed by atoms with Crippen molar-refractivity contribution in [2.75, 3.05) is 6.54 Å². The van der Waals surface area contributed by atoms with Crippen molar-refractivity contribution in [3.05, 3.63) is 0 Å². The minimum absolute atomic E-state index is 0.0216. The van der Waals surface area contributed by atoms with Gasteiger partial charge in [0.25, 0.3) is 0 Å². The highest BCUT2D eigenvalue weighted by Gasteiger charge is 2.54. The number of primary amides is 1. The lowest BCUT2D eigenvalue weighted by molar-refractivity contribution is -0.148. The molecular formula is C16H25N3O3. The fourth-order valence-corrected chi connectivity index (χ4v) is 5.13. The van der Waals surface area contributed by atoms with E-state index in [4.69, 9.17) is 5.73 Å². The molecule has 22 heavy (non-hydrogen) atoms. The first-order valence-corrected chi connectivity index (χ1v) is 8.25. The molecular weight excluding hydrogens is 282 g/mol. The SMILES string of the molecule is C[C@H](NC(=O)C12CC3CC(CC(C3)C1)C2)C(=O)NCC(N)=O. The van der Waals surface area contributed by atoms with Gasteiger partial charge in [0, 0.05) is 5.41 Å². The summed E-state index contributed by atoms with van der Waals surface area (Å²) in [5.41, 5.74) is 4.75. The molecule has 0 unspecified atom stereocenters. The number of rotatable bonds is 5. The van der Waals surface area contributed by atoms with Gasteiger partial charge in [-0.2, -0.15) is 0 Å². The predicted molar refractivity (Wildman–Crippen MR) is 80.4 cm³/mol. The second-order valence-electron chi connectivity index (χ2n) is 7.58. The summed E-state index contributed by atoms with van der Waals surface area (Å²) in [4.78, 5) is 35.3. The van der Waals surface area contributed by atoms with E-state index in [2.05, 4.69) is 10.6 Å². The fraction of sp³-hybridized carbons (Fsp3) is 0.812. The molecule has 3 amide bonds. The summed E-state index contributed by atoms with van der Waals surface area (Å²) in [6.45, 7) is 1.45. The van der Waals surface area contributed by atoms with Crippen molar-refractivity contribution in [2.24, 2.45) is 28.9 Å². The van der Waals surface area contributed by atoms with Gasteiger partial charge in [0.1, 0.15) is 6.04 Å². The number of carbonyl (C=O) groups excluding carboxylic acids is 3. The Labute approximate surface area is 130 Å². The Balaban J connectivity index is 1.60. The molecule has 4 bridgehead atoms. The Hall–Kier alpha value is -1.59. The molecule has 0 aromatic rings. The van der Waals surface area contributed by atoms with E-state index in [9.17, 15) is 14.4 Å². The number of hydrogen-bond acceptors (Lipinski definition) is 3. The van der Waals surface area contributed by atoms with Crippen molar-refractivity contribution in [3.8, 4) is 0 Å². The Bertz CT molecular complexity index is 468. The highest BCUT2D eigenvalue weighted by molar-refractivity contribution is 5.91. The van der Waals surface area contributed by atoms with E-state index in [0.29, 0.717) is 17.8 Å². The van der Waals surface area contributed by atoms with Gasteiger partial charge in [-0.25, -0.2) is 0 Å². The van der Waals surface area contributed by atoms with E-state index < -0.39 is 11.9 Å². The Morgan fingerprint density at radius 1 is 1.09 bits per heavy atom. The molecule has 0 aliphatic heterocycles. The lowest BCUT2D eigenvalue weighted by Crippen LogP contribution is -2.57. The molecule has 0 saturated heterocycles. The third-order valence-electron chi connectivity index (χ3n) is 5.70. The Morgan fingerprint density at radius 3 is 2.05 bits per heavy atom. The van der Waals surface area contributed by atoms with Crippen molar-refractivity contribution < 1.29 is 14.4 Å². The predicted octanol–water partition coefficient (Wildman–Crippen LogP) is 0.309. The topological polar surface area (TPSA) is 101 Å². The van der Waals surface area contributed by atoms with E-state index in [0.717, 1.165) is 19.3 Å². The molecule has 0 heterocycles. The third kappa shape index (κ3) is 2.83. The van der Waals surface area contributed by atoms with Crippen LogP contribution in [0.15, 0.2) is 0 Å². The average molecular weight is 307 g/mol. The molecule has 6 heteroatoms. The van der Waals surface area contributed by atoms with Gasteiger partial charge in [-0.05, 0) is 63.2 Å². The van der Waals surface area contributed by atoms with E-state index in [1.54, 1.807) is 6.92 Å². The standard InChI is InChI=1S/C16H25N3O3/c1-9(14(21)18-8-13(17)20)19-15(22)16-5-10-2-11(6-16)4-12(3-10)7-16/h9-12H,2-8H2,1H3,(H2,17,20)(H,18,21)(H,19,22)/t9-,10?,11?,12?,16?/m0/s1. The van der Waals surface area contributed by atoms with Crippen LogP contribution >= 0.6 is 0 Å². The lowest BCUT2D eigenvalue weighted by atomic mass is 9.49. The van der Waals surface area contributed by atoms with Crippen LogP contribution in [0, 0.1) is 23.2 Å². The monoisotopic (exact) mass is 307 g/mol. The third-order valence-corrected chi connectivity index (χ3v) is 5.70. The molecule has 4 fully saturated rings. The van der Waals surface area contributed by atoms with Crippen molar-refractivity contribution in [1.29, 1.82) is 0 Å². The first-order chi connectivity index (χ1) is 10.4. The summed E-state index contributed by atoms with van der Waals surface area (Å²) in [5, 5.41) is 5.29. The van der Waals surface area contributed by atoms with Crippen molar-refractivity contribution in [1.82, 2.24) is 10.6 Å². The second kappa shape index (κ2) is 5.56.